The highest BCUT2D eigenvalue weighted by atomic mass is 32.2. The maximum atomic E-state index is 13.0. The van der Waals surface area contributed by atoms with Gasteiger partial charge in [-0.15, -0.1) is 0 Å². The summed E-state index contributed by atoms with van der Waals surface area (Å²) in [6, 6.07) is 7.24. The van der Waals surface area contributed by atoms with Crippen molar-refractivity contribution in [1.29, 1.82) is 0 Å². The van der Waals surface area contributed by atoms with E-state index in [-0.39, 0.29) is 10.6 Å². The van der Waals surface area contributed by atoms with Crippen molar-refractivity contribution in [1.82, 2.24) is 14.4 Å². The number of methoxy groups -OCH3 is 1. The Morgan fingerprint density at radius 2 is 1.93 bits per heavy atom. The average Bonchev–Trinajstić information content (AvgIpc) is 3.24. The molecule has 0 aliphatic rings. The first-order valence-electron chi connectivity index (χ1n) is 8.36. The van der Waals surface area contributed by atoms with E-state index in [4.69, 9.17) is 9.15 Å². The molecule has 27 heavy (non-hydrogen) atoms. The summed E-state index contributed by atoms with van der Waals surface area (Å²) in [6.07, 6.45) is 4.66. The van der Waals surface area contributed by atoms with E-state index in [1.54, 1.807) is 43.6 Å². The van der Waals surface area contributed by atoms with E-state index in [0.717, 1.165) is 16.8 Å². The van der Waals surface area contributed by atoms with Crippen LogP contribution in [-0.4, -0.2) is 34.6 Å². The lowest BCUT2D eigenvalue weighted by Gasteiger charge is -2.21. The van der Waals surface area contributed by atoms with E-state index >= 15 is 0 Å². The third-order valence-electron chi connectivity index (χ3n) is 4.52. The number of imidazole rings is 1. The van der Waals surface area contributed by atoms with Gasteiger partial charge in [0, 0.05) is 17.8 Å². The van der Waals surface area contributed by atoms with Crippen molar-refractivity contribution in [3.63, 3.8) is 0 Å². The number of nitrogens with zero attached hydrogens (tertiary/aromatic N) is 3. The molecular formula is C19H19N3O4S. The molecule has 0 radical (unpaired) electrons. The van der Waals surface area contributed by atoms with Crippen LogP contribution in [0, 0.1) is 0 Å². The fourth-order valence-corrected chi connectivity index (χ4v) is 4.22. The Bertz CT molecular complexity index is 1260. The van der Waals surface area contributed by atoms with Gasteiger partial charge < -0.3 is 9.15 Å². The van der Waals surface area contributed by atoms with Crippen LogP contribution in [0.3, 0.4) is 0 Å². The Labute approximate surface area is 156 Å². The Balaban J connectivity index is 1.98. The second-order valence-electron chi connectivity index (χ2n) is 7.23. The van der Waals surface area contributed by atoms with Crippen molar-refractivity contribution >= 4 is 26.6 Å². The van der Waals surface area contributed by atoms with E-state index < -0.39 is 14.6 Å². The molecular weight excluding hydrogens is 366 g/mol. The van der Waals surface area contributed by atoms with Gasteiger partial charge in [0.25, 0.3) is 0 Å². The van der Waals surface area contributed by atoms with E-state index in [1.807, 2.05) is 18.2 Å². The fraction of sp³-hybridized carbons (Fsp3) is 0.263. The first-order valence-corrected chi connectivity index (χ1v) is 9.84. The number of ether oxygens (including phenoxy) is 1. The molecule has 0 spiro atoms. The van der Waals surface area contributed by atoms with Crippen LogP contribution in [0.15, 0.2) is 52.4 Å². The highest BCUT2D eigenvalue weighted by Crippen LogP contribution is 2.34. The smallest absolute Gasteiger partial charge is 0.188 e. The fourth-order valence-electron chi connectivity index (χ4n) is 2.91. The second kappa shape index (κ2) is 5.82. The predicted molar refractivity (Wildman–Crippen MR) is 102 cm³/mol. The third-order valence-corrected chi connectivity index (χ3v) is 7.02. The van der Waals surface area contributed by atoms with Gasteiger partial charge in [-0.25, -0.2) is 18.4 Å². The van der Waals surface area contributed by atoms with Crippen LogP contribution < -0.4 is 4.74 Å². The molecule has 0 aliphatic heterocycles. The SMILES string of the molecule is COc1cc2ncc(-c3ccc4ncoc4c3)n2cc1S(=O)(=O)C(C)(C)C. The van der Waals surface area contributed by atoms with Gasteiger partial charge in [0.15, 0.2) is 21.8 Å². The largest absolute Gasteiger partial charge is 0.495 e. The Morgan fingerprint density at radius 1 is 1.15 bits per heavy atom. The van der Waals surface area contributed by atoms with E-state index in [2.05, 4.69) is 9.97 Å². The van der Waals surface area contributed by atoms with Gasteiger partial charge in [-0.2, -0.15) is 0 Å². The van der Waals surface area contributed by atoms with Crippen molar-refractivity contribution in [2.75, 3.05) is 7.11 Å². The number of fused-ring (bicyclic) bond motifs is 2. The van der Waals surface area contributed by atoms with Crippen LogP contribution >= 0.6 is 0 Å². The summed E-state index contributed by atoms with van der Waals surface area (Å²) in [5.41, 5.74) is 3.59. The Kier molecular flexibility index (Phi) is 3.78. The van der Waals surface area contributed by atoms with Gasteiger partial charge in [0.2, 0.25) is 0 Å². The maximum Gasteiger partial charge on any atom is 0.188 e. The Hall–Kier alpha value is -2.87. The molecule has 140 valence electrons. The van der Waals surface area contributed by atoms with Crippen LogP contribution in [0.25, 0.3) is 28.0 Å². The molecule has 3 heterocycles. The maximum absolute atomic E-state index is 13.0. The highest BCUT2D eigenvalue weighted by molar-refractivity contribution is 7.92. The van der Waals surface area contributed by atoms with Crippen LogP contribution in [-0.2, 0) is 9.84 Å². The number of benzene rings is 1. The minimum Gasteiger partial charge on any atom is -0.495 e. The molecule has 0 bridgehead atoms. The topological polar surface area (TPSA) is 86.7 Å². The number of pyridine rings is 1. The quantitative estimate of drug-likeness (QED) is 0.534. The molecule has 3 aromatic heterocycles. The molecule has 4 aromatic rings. The Morgan fingerprint density at radius 3 is 2.63 bits per heavy atom. The van der Waals surface area contributed by atoms with Crippen molar-refractivity contribution in [2.24, 2.45) is 0 Å². The molecule has 0 saturated heterocycles. The molecule has 0 amide bonds. The van der Waals surface area contributed by atoms with Gasteiger partial charge in [0.05, 0.1) is 23.7 Å². The normalized spacial score (nSPS) is 12.7. The summed E-state index contributed by atoms with van der Waals surface area (Å²) >= 11 is 0. The zero-order chi connectivity index (χ0) is 19.4. The summed E-state index contributed by atoms with van der Waals surface area (Å²) < 4.78 is 37.6. The molecule has 0 N–H and O–H groups in total. The standard InChI is InChI=1S/C19H19N3O4S/c1-19(2,3)27(23,24)17-10-22-14(9-20-18(22)8-16(17)25-4)12-5-6-13-15(7-12)26-11-21-13/h5-11H,1-4H3. The number of hydrogen-bond donors (Lipinski definition) is 0. The number of rotatable bonds is 3. The number of oxazole rings is 1. The molecule has 0 atom stereocenters. The van der Waals surface area contributed by atoms with Crippen molar-refractivity contribution in [3.8, 4) is 17.0 Å². The lowest BCUT2D eigenvalue weighted by atomic mass is 10.1. The molecule has 7 nitrogen and oxygen atoms in total. The van der Waals surface area contributed by atoms with E-state index in [9.17, 15) is 8.42 Å². The zero-order valence-electron chi connectivity index (χ0n) is 15.4. The van der Waals surface area contributed by atoms with E-state index in [1.165, 1.54) is 13.5 Å². The molecule has 0 unspecified atom stereocenters. The minimum absolute atomic E-state index is 0.130. The van der Waals surface area contributed by atoms with Crippen LogP contribution in [0.4, 0.5) is 0 Å². The molecule has 4 rings (SSSR count). The van der Waals surface area contributed by atoms with Gasteiger partial charge in [-0.3, -0.25) is 4.40 Å². The molecule has 8 heteroatoms. The van der Waals surface area contributed by atoms with Gasteiger partial charge >= 0.3 is 0 Å². The minimum atomic E-state index is -3.62. The number of aromatic nitrogens is 3. The molecule has 0 aliphatic carbocycles. The van der Waals surface area contributed by atoms with Gasteiger partial charge in [0.1, 0.15) is 21.8 Å². The van der Waals surface area contributed by atoms with E-state index in [0.29, 0.717) is 11.2 Å². The van der Waals surface area contributed by atoms with Crippen LogP contribution in [0.1, 0.15) is 20.8 Å². The average molecular weight is 385 g/mol. The monoisotopic (exact) mass is 385 g/mol. The molecule has 1 aromatic carbocycles. The second-order valence-corrected chi connectivity index (χ2v) is 9.90. The van der Waals surface area contributed by atoms with Gasteiger partial charge in [-0.05, 0) is 32.9 Å². The molecule has 0 fully saturated rings. The van der Waals surface area contributed by atoms with Crippen molar-refractivity contribution in [2.45, 2.75) is 30.4 Å². The van der Waals surface area contributed by atoms with Crippen molar-refractivity contribution < 1.29 is 17.6 Å². The summed E-state index contributed by atoms with van der Waals surface area (Å²) in [7, 11) is -2.16. The number of hydrogen-bond acceptors (Lipinski definition) is 6. The highest BCUT2D eigenvalue weighted by Gasteiger charge is 2.34. The van der Waals surface area contributed by atoms with Gasteiger partial charge in [-0.1, -0.05) is 6.07 Å². The van der Waals surface area contributed by atoms with Crippen LogP contribution in [0.5, 0.6) is 5.75 Å². The number of sulfone groups is 1. The predicted octanol–water partition coefficient (Wildman–Crippen LogP) is 3.72. The first-order chi connectivity index (χ1) is 12.7. The van der Waals surface area contributed by atoms with Crippen LogP contribution in [0.2, 0.25) is 0 Å². The van der Waals surface area contributed by atoms with Crippen molar-refractivity contribution in [3.05, 3.63) is 43.1 Å². The lowest BCUT2D eigenvalue weighted by molar-refractivity contribution is 0.401. The molecule has 0 saturated carbocycles. The third kappa shape index (κ3) is 2.68. The lowest BCUT2D eigenvalue weighted by Crippen LogP contribution is -2.28. The zero-order valence-corrected chi connectivity index (χ0v) is 16.2. The summed E-state index contributed by atoms with van der Waals surface area (Å²) in [5.74, 6) is 0.278. The first kappa shape index (κ1) is 17.5. The summed E-state index contributed by atoms with van der Waals surface area (Å²) in [6.45, 7) is 5.00. The summed E-state index contributed by atoms with van der Waals surface area (Å²) in [5, 5.41) is 0. The summed E-state index contributed by atoms with van der Waals surface area (Å²) in [4.78, 5) is 8.64.